The highest BCUT2D eigenvalue weighted by atomic mass is 32.2. The number of nitrogens with one attached hydrogen (secondary N) is 1. The van der Waals surface area contributed by atoms with Crippen LogP contribution in [0.4, 0.5) is 8.78 Å². The molecule has 4 nitrogen and oxygen atoms in total. The fraction of sp³-hybridized carbons (Fsp3) is 0.625. The fourth-order valence-electron chi connectivity index (χ4n) is 3.01. The molecule has 1 aliphatic carbocycles. The largest absolute Gasteiger partial charge is 0.378 e. The molecule has 0 amide bonds. The van der Waals surface area contributed by atoms with Crippen LogP contribution >= 0.6 is 0 Å². The van der Waals surface area contributed by atoms with Crippen molar-refractivity contribution >= 4 is 10.0 Å². The maximum atomic E-state index is 14.0. The van der Waals surface area contributed by atoms with Gasteiger partial charge in [-0.1, -0.05) is 0 Å². The Bertz CT molecular complexity index is 655. The molecule has 1 saturated heterocycles. The molecule has 2 fully saturated rings. The lowest BCUT2D eigenvalue weighted by molar-refractivity contribution is 0.108. The first-order chi connectivity index (χ1) is 10.9. The Labute approximate surface area is 135 Å². The number of halogens is 2. The minimum atomic E-state index is -3.57. The first kappa shape index (κ1) is 16.8. The molecule has 0 unspecified atom stereocenters. The summed E-state index contributed by atoms with van der Waals surface area (Å²) in [7, 11) is -3.57. The average molecular weight is 345 g/mol. The van der Waals surface area contributed by atoms with Crippen molar-refractivity contribution in [2.75, 3.05) is 12.4 Å². The molecule has 2 aliphatic rings. The zero-order chi connectivity index (χ0) is 16.4. The lowest BCUT2D eigenvalue weighted by Crippen LogP contribution is -2.33. The summed E-state index contributed by atoms with van der Waals surface area (Å²) in [6.45, 7) is 0.678. The summed E-state index contributed by atoms with van der Waals surface area (Å²) in [4.78, 5) is 0. The smallest absolute Gasteiger partial charge is 0.212 e. The Balaban J connectivity index is 1.70. The molecule has 7 heteroatoms. The molecule has 1 aromatic carbocycles. The van der Waals surface area contributed by atoms with Crippen molar-refractivity contribution in [2.45, 2.75) is 44.2 Å². The third-order valence-corrected chi connectivity index (χ3v) is 5.81. The first-order valence-corrected chi connectivity index (χ1v) is 9.66. The second-order valence-corrected chi connectivity index (χ2v) is 8.21. The van der Waals surface area contributed by atoms with Gasteiger partial charge in [-0.2, -0.15) is 0 Å². The second kappa shape index (κ2) is 6.83. The Kier molecular flexibility index (Phi) is 4.98. The summed E-state index contributed by atoms with van der Waals surface area (Å²) in [5.41, 5.74) is 0.0909. The lowest BCUT2D eigenvalue weighted by Gasteiger charge is -2.20. The van der Waals surface area contributed by atoms with Gasteiger partial charge in [0.25, 0.3) is 0 Å². The third kappa shape index (κ3) is 4.49. The summed E-state index contributed by atoms with van der Waals surface area (Å²) < 4.78 is 60.0. The number of sulfonamides is 1. The van der Waals surface area contributed by atoms with Crippen molar-refractivity contribution in [1.29, 1.82) is 0 Å². The molecule has 1 saturated carbocycles. The molecule has 1 N–H and O–H groups in total. The van der Waals surface area contributed by atoms with Crippen LogP contribution < -0.4 is 4.72 Å². The molecule has 2 atom stereocenters. The van der Waals surface area contributed by atoms with Crippen LogP contribution in [0.3, 0.4) is 0 Å². The van der Waals surface area contributed by atoms with Crippen LogP contribution in [0.25, 0.3) is 0 Å². The van der Waals surface area contributed by atoms with Gasteiger partial charge in [-0.05, 0) is 56.2 Å². The maximum absolute atomic E-state index is 14.0. The monoisotopic (exact) mass is 345 g/mol. The lowest BCUT2D eigenvalue weighted by atomic mass is 10.0. The SMILES string of the molecule is O=S(=O)(CC[C@@H]1CCCO1)N[C@@H](c1cc(F)ccc1F)C1CC1. The second-order valence-electron chi connectivity index (χ2n) is 6.34. The van der Waals surface area contributed by atoms with Gasteiger partial charge < -0.3 is 4.74 Å². The Morgan fingerprint density at radius 1 is 1.26 bits per heavy atom. The van der Waals surface area contributed by atoms with Gasteiger partial charge in [0, 0.05) is 12.2 Å². The highest BCUT2D eigenvalue weighted by Gasteiger charge is 2.36. The van der Waals surface area contributed by atoms with Gasteiger partial charge in [0.15, 0.2) is 0 Å². The summed E-state index contributed by atoms with van der Waals surface area (Å²) in [6, 6.07) is 2.47. The van der Waals surface area contributed by atoms with Crippen LogP contribution in [-0.4, -0.2) is 26.9 Å². The van der Waals surface area contributed by atoms with E-state index in [0.29, 0.717) is 13.0 Å². The number of ether oxygens (including phenoxy) is 1. The van der Waals surface area contributed by atoms with E-state index >= 15 is 0 Å². The number of rotatable bonds is 7. The van der Waals surface area contributed by atoms with Gasteiger partial charge in [-0.15, -0.1) is 0 Å². The molecule has 23 heavy (non-hydrogen) atoms. The van der Waals surface area contributed by atoms with E-state index in [9.17, 15) is 17.2 Å². The summed E-state index contributed by atoms with van der Waals surface area (Å²) in [6.07, 6.45) is 3.87. The molecular formula is C16H21F2NO3S. The van der Waals surface area contributed by atoms with Gasteiger partial charge in [-0.3, -0.25) is 0 Å². The van der Waals surface area contributed by atoms with Crippen molar-refractivity contribution in [2.24, 2.45) is 5.92 Å². The van der Waals surface area contributed by atoms with Gasteiger partial charge in [0.1, 0.15) is 11.6 Å². The van der Waals surface area contributed by atoms with E-state index in [-0.39, 0.29) is 23.3 Å². The summed E-state index contributed by atoms with van der Waals surface area (Å²) in [5.74, 6) is -1.17. The number of hydrogen-bond donors (Lipinski definition) is 1. The van der Waals surface area contributed by atoms with E-state index in [1.807, 2.05) is 0 Å². The molecule has 3 rings (SSSR count). The topological polar surface area (TPSA) is 55.4 Å². The van der Waals surface area contributed by atoms with Gasteiger partial charge in [-0.25, -0.2) is 21.9 Å². The summed E-state index contributed by atoms with van der Waals surface area (Å²) >= 11 is 0. The van der Waals surface area contributed by atoms with Crippen molar-refractivity contribution in [3.63, 3.8) is 0 Å². The molecule has 0 bridgehead atoms. The standard InChI is InChI=1S/C16H21F2NO3S/c17-12-5-6-15(18)14(10-12)16(11-3-4-11)19-23(20,21)9-7-13-2-1-8-22-13/h5-6,10-11,13,16,19H,1-4,7-9H2/t13-,16+/m0/s1. The van der Waals surface area contributed by atoms with E-state index < -0.39 is 27.7 Å². The van der Waals surface area contributed by atoms with E-state index in [1.54, 1.807) is 0 Å². The fourth-order valence-corrected chi connectivity index (χ4v) is 4.40. The Morgan fingerprint density at radius 3 is 2.70 bits per heavy atom. The minimum absolute atomic E-state index is 0.0168. The van der Waals surface area contributed by atoms with E-state index in [2.05, 4.69) is 4.72 Å². The molecule has 1 heterocycles. The molecule has 0 spiro atoms. The van der Waals surface area contributed by atoms with Crippen LogP contribution in [0.1, 0.15) is 43.7 Å². The van der Waals surface area contributed by atoms with Crippen LogP contribution in [0.2, 0.25) is 0 Å². The Morgan fingerprint density at radius 2 is 2.04 bits per heavy atom. The van der Waals surface area contributed by atoms with Gasteiger partial charge in [0.2, 0.25) is 10.0 Å². The average Bonchev–Trinajstić information content (AvgIpc) is 3.21. The van der Waals surface area contributed by atoms with Crippen LogP contribution in [0, 0.1) is 17.6 Å². The molecule has 128 valence electrons. The van der Waals surface area contributed by atoms with E-state index in [0.717, 1.165) is 43.9 Å². The number of benzene rings is 1. The van der Waals surface area contributed by atoms with Gasteiger partial charge in [0.05, 0.1) is 17.9 Å². The quantitative estimate of drug-likeness (QED) is 0.827. The van der Waals surface area contributed by atoms with Crippen molar-refractivity contribution in [1.82, 2.24) is 4.72 Å². The normalized spacial score (nSPS) is 23.1. The van der Waals surface area contributed by atoms with E-state index in [1.165, 1.54) is 0 Å². The van der Waals surface area contributed by atoms with Crippen LogP contribution in [-0.2, 0) is 14.8 Å². The molecule has 1 aliphatic heterocycles. The summed E-state index contributed by atoms with van der Waals surface area (Å²) in [5, 5.41) is 0. The predicted molar refractivity (Wildman–Crippen MR) is 82.3 cm³/mol. The van der Waals surface area contributed by atoms with Crippen molar-refractivity contribution < 1.29 is 21.9 Å². The van der Waals surface area contributed by atoms with Gasteiger partial charge >= 0.3 is 0 Å². The van der Waals surface area contributed by atoms with Crippen molar-refractivity contribution in [3.8, 4) is 0 Å². The van der Waals surface area contributed by atoms with Crippen molar-refractivity contribution in [3.05, 3.63) is 35.4 Å². The molecule has 1 aromatic rings. The molecule has 0 radical (unpaired) electrons. The highest BCUT2D eigenvalue weighted by Crippen LogP contribution is 2.42. The minimum Gasteiger partial charge on any atom is -0.378 e. The van der Waals surface area contributed by atoms with E-state index in [4.69, 9.17) is 4.74 Å². The predicted octanol–water partition coefficient (Wildman–Crippen LogP) is 2.90. The third-order valence-electron chi connectivity index (χ3n) is 4.43. The molecule has 0 aromatic heterocycles. The van der Waals surface area contributed by atoms with Crippen LogP contribution in [0.5, 0.6) is 0 Å². The Hall–Kier alpha value is -1.05. The number of hydrogen-bond acceptors (Lipinski definition) is 3. The highest BCUT2D eigenvalue weighted by molar-refractivity contribution is 7.89. The first-order valence-electron chi connectivity index (χ1n) is 8.01. The zero-order valence-corrected chi connectivity index (χ0v) is 13.6. The zero-order valence-electron chi connectivity index (χ0n) is 12.8. The molecular weight excluding hydrogens is 324 g/mol. The van der Waals surface area contributed by atoms with Crippen LogP contribution in [0.15, 0.2) is 18.2 Å². The maximum Gasteiger partial charge on any atom is 0.212 e.